The Morgan fingerprint density at radius 2 is 1.61 bits per heavy atom. The van der Waals surface area contributed by atoms with E-state index in [1.165, 1.54) is 0 Å². The second kappa shape index (κ2) is 8.02. The Labute approximate surface area is 164 Å². The third-order valence-electron chi connectivity index (χ3n) is 5.57. The van der Waals surface area contributed by atoms with Gasteiger partial charge >= 0.3 is 12.1 Å². The molecule has 1 unspecified atom stereocenters. The van der Waals surface area contributed by atoms with Crippen molar-refractivity contribution < 1.29 is 19.4 Å². The van der Waals surface area contributed by atoms with Crippen molar-refractivity contribution in [2.75, 3.05) is 26.2 Å². The summed E-state index contributed by atoms with van der Waals surface area (Å²) in [6.45, 7) is 2.22. The van der Waals surface area contributed by atoms with Crippen LogP contribution in [0.4, 0.5) is 4.79 Å². The largest absolute Gasteiger partial charge is 0.480 e. The van der Waals surface area contributed by atoms with E-state index in [4.69, 9.17) is 4.74 Å². The SMILES string of the molecule is O=C(NC(CN1CCCC1)C(=O)O)OCC1c2ccccc2-c2ccccc21. The monoisotopic (exact) mass is 380 g/mol. The van der Waals surface area contributed by atoms with Crippen molar-refractivity contribution in [2.45, 2.75) is 24.8 Å². The summed E-state index contributed by atoms with van der Waals surface area (Å²) in [5, 5.41) is 11.9. The molecule has 4 rings (SSSR count). The maximum Gasteiger partial charge on any atom is 0.407 e. The summed E-state index contributed by atoms with van der Waals surface area (Å²) >= 11 is 0. The molecule has 1 saturated heterocycles. The highest BCUT2D eigenvalue weighted by atomic mass is 16.5. The number of hydrogen-bond donors (Lipinski definition) is 2. The zero-order valence-electron chi connectivity index (χ0n) is 15.6. The van der Waals surface area contributed by atoms with Gasteiger partial charge in [0, 0.05) is 12.5 Å². The summed E-state index contributed by atoms with van der Waals surface area (Å²) < 4.78 is 5.45. The molecule has 1 heterocycles. The molecule has 0 aromatic heterocycles. The zero-order chi connectivity index (χ0) is 19.5. The summed E-state index contributed by atoms with van der Waals surface area (Å²) in [5.41, 5.74) is 4.57. The molecule has 0 spiro atoms. The molecule has 2 aromatic carbocycles. The van der Waals surface area contributed by atoms with Gasteiger partial charge in [0.2, 0.25) is 0 Å². The zero-order valence-corrected chi connectivity index (χ0v) is 15.6. The van der Waals surface area contributed by atoms with Gasteiger partial charge in [-0.15, -0.1) is 0 Å². The third-order valence-corrected chi connectivity index (χ3v) is 5.57. The maximum atomic E-state index is 12.3. The van der Waals surface area contributed by atoms with Gasteiger partial charge in [0.05, 0.1) is 0 Å². The molecule has 1 aliphatic carbocycles. The molecule has 2 N–H and O–H groups in total. The molecule has 2 aliphatic rings. The number of amides is 1. The molecule has 0 bridgehead atoms. The molecule has 6 nitrogen and oxygen atoms in total. The second-order valence-corrected chi connectivity index (χ2v) is 7.37. The Kier molecular flexibility index (Phi) is 5.30. The van der Waals surface area contributed by atoms with Crippen molar-refractivity contribution in [1.29, 1.82) is 0 Å². The lowest BCUT2D eigenvalue weighted by Crippen LogP contribution is -2.48. The van der Waals surface area contributed by atoms with Crippen LogP contribution >= 0.6 is 0 Å². The summed E-state index contributed by atoms with van der Waals surface area (Å²) in [6, 6.07) is 15.2. The summed E-state index contributed by atoms with van der Waals surface area (Å²) in [5.74, 6) is -1.08. The molecule has 6 heteroatoms. The number of nitrogens with zero attached hydrogens (tertiary/aromatic N) is 1. The van der Waals surface area contributed by atoms with Gasteiger partial charge in [-0.2, -0.15) is 0 Å². The Morgan fingerprint density at radius 1 is 1.04 bits per heavy atom. The number of fused-ring (bicyclic) bond motifs is 3. The Morgan fingerprint density at radius 3 is 2.18 bits per heavy atom. The molecule has 1 fully saturated rings. The van der Waals surface area contributed by atoms with E-state index in [1.807, 2.05) is 24.3 Å². The van der Waals surface area contributed by atoms with Crippen LogP contribution in [0.15, 0.2) is 48.5 Å². The van der Waals surface area contributed by atoms with Crippen LogP contribution in [0.5, 0.6) is 0 Å². The quantitative estimate of drug-likeness (QED) is 0.805. The highest BCUT2D eigenvalue weighted by molar-refractivity contribution is 5.81. The molecule has 1 aliphatic heterocycles. The van der Waals surface area contributed by atoms with E-state index >= 15 is 0 Å². The van der Waals surface area contributed by atoms with Crippen LogP contribution < -0.4 is 5.32 Å². The minimum Gasteiger partial charge on any atom is -0.480 e. The van der Waals surface area contributed by atoms with Crippen molar-refractivity contribution in [3.63, 3.8) is 0 Å². The number of benzene rings is 2. The molecular formula is C22H24N2O4. The lowest BCUT2D eigenvalue weighted by atomic mass is 9.98. The molecule has 28 heavy (non-hydrogen) atoms. The first-order valence-electron chi connectivity index (χ1n) is 9.70. The van der Waals surface area contributed by atoms with Crippen molar-refractivity contribution in [3.8, 4) is 11.1 Å². The van der Waals surface area contributed by atoms with Gasteiger partial charge in [0.15, 0.2) is 0 Å². The number of carboxylic acid groups (broad SMARTS) is 1. The fraction of sp³-hybridized carbons (Fsp3) is 0.364. The van der Waals surface area contributed by atoms with Crippen molar-refractivity contribution in [2.24, 2.45) is 0 Å². The highest BCUT2D eigenvalue weighted by Gasteiger charge is 2.30. The first kappa shape index (κ1) is 18.5. The Bertz CT molecular complexity index is 831. The minimum absolute atomic E-state index is 0.0417. The van der Waals surface area contributed by atoms with Gasteiger partial charge in [0.1, 0.15) is 12.6 Å². The fourth-order valence-electron chi connectivity index (χ4n) is 4.19. The fourth-order valence-corrected chi connectivity index (χ4v) is 4.19. The van der Waals surface area contributed by atoms with E-state index in [0.29, 0.717) is 6.54 Å². The van der Waals surface area contributed by atoms with Crippen LogP contribution in [0, 0.1) is 0 Å². The number of nitrogens with one attached hydrogen (secondary N) is 1. The first-order valence-corrected chi connectivity index (χ1v) is 9.70. The summed E-state index contributed by atoms with van der Waals surface area (Å²) in [4.78, 5) is 25.9. The van der Waals surface area contributed by atoms with Gasteiger partial charge in [-0.3, -0.25) is 0 Å². The number of ether oxygens (including phenoxy) is 1. The van der Waals surface area contributed by atoms with Crippen molar-refractivity contribution in [1.82, 2.24) is 10.2 Å². The van der Waals surface area contributed by atoms with Crippen LogP contribution in [0.3, 0.4) is 0 Å². The number of carbonyl (C=O) groups excluding carboxylic acids is 1. The van der Waals surface area contributed by atoms with Crippen molar-refractivity contribution in [3.05, 3.63) is 59.7 Å². The molecule has 2 aromatic rings. The topological polar surface area (TPSA) is 78.9 Å². The molecule has 1 atom stereocenters. The molecule has 1 amide bonds. The predicted octanol–water partition coefficient (Wildman–Crippen LogP) is 3.07. The minimum atomic E-state index is -1.04. The number of hydrogen-bond acceptors (Lipinski definition) is 4. The van der Waals surface area contributed by atoms with Crippen LogP contribution in [0.2, 0.25) is 0 Å². The number of carbonyl (C=O) groups is 2. The van der Waals surface area contributed by atoms with Crippen LogP contribution in [-0.4, -0.2) is 54.4 Å². The standard InChI is InChI=1S/C22H24N2O4/c25-21(26)20(13-24-11-5-6-12-24)23-22(27)28-14-19-17-9-3-1-7-15(17)16-8-2-4-10-18(16)19/h1-4,7-10,19-20H,5-6,11-14H2,(H,23,27)(H,25,26). The van der Waals surface area contributed by atoms with Gasteiger partial charge < -0.3 is 20.1 Å². The lowest BCUT2D eigenvalue weighted by Gasteiger charge is -2.21. The van der Waals surface area contributed by atoms with E-state index in [2.05, 4.69) is 34.5 Å². The summed E-state index contributed by atoms with van der Waals surface area (Å²) in [7, 11) is 0. The average molecular weight is 380 g/mol. The van der Waals surface area contributed by atoms with E-state index in [9.17, 15) is 14.7 Å². The lowest BCUT2D eigenvalue weighted by molar-refractivity contribution is -0.139. The van der Waals surface area contributed by atoms with Crippen LogP contribution in [0.25, 0.3) is 11.1 Å². The van der Waals surface area contributed by atoms with Gasteiger partial charge in [-0.05, 0) is 48.2 Å². The average Bonchev–Trinajstić information content (AvgIpc) is 3.32. The number of alkyl carbamates (subject to hydrolysis) is 1. The second-order valence-electron chi connectivity index (χ2n) is 7.37. The van der Waals surface area contributed by atoms with Crippen LogP contribution in [-0.2, 0) is 9.53 Å². The van der Waals surface area contributed by atoms with E-state index in [1.54, 1.807) is 0 Å². The molecular weight excluding hydrogens is 356 g/mol. The van der Waals surface area contributed by atoms with E-state index < -0.39 is 18.1 Å². The van der Waals surface area contributed by atoms with E-state index in [-0.39, 0.29) is 12.5 Å². The van der Waals surface area contributed by atoms with Crippen LogP contribution in [0.1, 0.15) is 29.9 Å². The van der Waals surface area contributed by atoms with Gasteiger partial charge in [-0.1, -0.05) is 48.5 Å². The normalized spacial score (nSPS) is 17.0. The maximum absolute atomic E-state index is 12.3. The highest BCUT2D eigenvalue weighted by Crippen LogP contribution is 2.44. The Hall–Kier alpha value is -2.86. The summed E-state index contributed by atoms with van der Waals surface area (Å²) in [6.07, 6.45) is 1.45. The number of carboxylic acids is 1. The van der Waals surface area contributed by atoms with Crippen molar-refractivity contribution >= 4 is 12.1 Å². The predicted molar refractivity (Wildman–Crippen MR) is 105 cm³/mol. The molecule has 0 saturated carbocycles. The van der Waals surface area contributed by atoms with Gasteiger partial charge in [0.25, 0.3) is 0 Å². The first-order chi connectivity index (χ1) is 13.6. The Balaban J connectivity index is 1.41. The number of likely N-dealkylation sites (tertiary alicyclic amines) is 1. The third kappa shape index (κ3) is 3.73. The smallest absolute Gasteiger partial charge is 0.407 e. The van der Waals surface area contributed by atoms with Gasteiger partial charge in [-0.25, -0.2) is 9.59 Å². The molecule has 0 radical (unpaired) electrons. The molecule has 146 valence electrons. The van der Waals surface area contributed by atoms with E-state index in [0.717, 1.165) is 48.2 Å². The number of aliphatic carboxylic acids is 1. The number of rotatable bonds is 6.